The van der Waals surface area contributed by atoms with Crippen LogP contribution in [0.2, 0.25) is 0 Å². The molecule has 0 radical (unpaired) electrons. The summed E-state index contributed by atoms with van der Waals surface area (Å²) in [6.45, 7) is 5.00. The lowest BCUT2D eigenvalue weighted by Gasteiger charge is -2.26. The van der Waals surface area contributed by atoms with E-state index in [0.29, 0.717) is 5.76 Å². The molecule has 0 aliphatic carbocycles. The number of aliphatic hydroxyl groups is 2. The SMILES string of the molecule is Cc1ccc(C(C)C(C)(O)CO)o1. The standard InChI is InChI=1S/C10H16O3/c1-7-4-5-9(13-7)8(2)10(3,12)6-11/h4-5,8,11-12H,6H2,1-3H3. The second kappa shape index (κ2) is 3.52. The van der Waals surface area contributed by atoms with Crippen molar-refractivity contribution in [3.63, 3.8) is 0 Å². The minimum atomic E-state index is -1.12. The van der Waals surface area contributed by atoms with Gasteiger partial charge >= 0.3 is 0 Å². The zero-order chi connectivity index (χ0) is 10.1. The van der Waals surface area contributed by atoms with Crippen LogP contribution in [0.3, 0.4) is 0 Å². The molecule has 74 valence electrons. The summed E-state index contributed by atoms with van der Waals surface area (Å²) in [5, 5.41) is 18.7. The van der Waals surface area contributed by atoms with Crippen molar-refractivity contribution in [2.24, 2.45) is 0 Å². The summed E-state index contributed by atoms with van der Waals surface area (Å²) in [6.07, 6.45) is 0. The maximum atomic E-state index is 9.74. The van der Waals surface area contributed by atoms with Gasteiger partial charge in [-0.15, -0.1) is 0 Å². The van der Waals surface area contributed by atoms with Crippen LogP contribution in [0.1, 0.15) is 31.3 Å². The Morgan fingerprint density at radius 3 is 2.54 bits per heavy atom. The highest BCUT2D eigenvalue weighted by Gasteiger charge is 2.30. The van der Waals surface area contributed by atoms with Crippen LogP contribution in [-0.4, -0.2) is 22.4 Å². The molecule has 0 saturated heterocycles. The average molecular weight is 184 g/mol. The minimum Gasteiger partial charge on any atom is -0.466 e. The molecular formula is C10H16O3. The Bertz CT molecular complexity index is 275. The Hall–Kier alpha value is -0.800. The van der Waals surface area contributed by atoms with E-state index in [1.807, 2.05) is 26.0 Å². The lowest BCUT2D eigenvalue weighted by molar-refractivity contribution is -0.0217. The zero-order valence-electron chi connectivity index (χ0n) is 8.24. The highest BCUT2D eigenvalue weighted by Crippen LogP contribution is 2.28. The van der Waals surface area contributed by atoms with Gasteiger partial charge in [0.15, 0.2) is 0 Å². The first-order valence-electron chi connectivity index (χ1n) is 4.37. The van der Waals surface area contributed by atoms with Crippen molar-refractivity contribution in [1.82, 2.24) is 0 Å². The Kier molecular flexibility index (Phi) is 2.78. The molecule has 0 aliphatic heterocycles. The average Bonchev–Trinajstić information content (AvgIpc) is 2.50. The van der Waals surface area contributed by atoms with E-state index >= 15 is 0 Å². The van der Waals surface area contributed by atoms with Gasteiger partial charge in [-0.25, -0.2) is 0 Å². The van der Waals surface area contributed by atoms with E-state index in [0.717, 1.165) is 5.76 Å². The van der Waals surface area contributed by atoms with Gasteiger partial charge in [0, 0.05) is 5.92 Å². The van der Waals surface area contributed by atoms with Crippen molar-refractivity contribution in [1.29, 1.82) is 0 Å². The summed E-state index contributed by atoms with van der Waals surface area (Å²) in [7, 11) is 0. The molecule has 13 heavy (non-hydrogen) atoms. The molecule has 1 aromatic rings. The largest absolute Gasteiger partial charge is 0.466 e. The number of hydrogen-bond acceptors (Lipinski definition) is 3. The molecule has 3 nitrogen and oxygen atoms in total. The molecule has 1 heterocycles. The van der Waals surface area contributed by atoms with Crippen LogP contribution < -0.4 is 0 Å². The number of rotatable bonds is 3. The fourth-order valence-electron chi connectivity index (χ4n) is 1.13. The lowest BCUT2D eigenvalue weighted by Crippen LogP contribution is -2.35. The molecule has 2 atom stereocenters. The van der Waals surface area contributed by atoms with Crippen molar-refractivity contribution in [2.75, 3.05) is 6.61 Å². The third-order valence-corrected chi connectivity index (χ3v) is 2.44. The molecular weight excluding hydrogens is 168 g/mol. The Labute approximate surface area is 78.0 Å². The third-order valence-electron chi connectivity index (χ3n) is 2.44. The Morgan fingerprint density at radius 1 is 1.54 bits per heavy atom. The minimum absolute atomic E-state index is 0.203. The molecule has 0 aromatic carbocycles. The molecule has 0 saturated carbocycles. The predicted octanol–water partition coefficient (Wildman–Crippen LogP) is 1.43. The molecule has 2 unspecified atom stereocenters. The second-order valence-corrected chi connectivity index (χ2v) is 3.69. The lowest BCUT2D eigenvalue weighted by atomic mass is 9.90. The van der Waals surface area contributed by atoms with Crippen LogP contribution in [-0.2, 0) is 0 Å². The van der Waals surface area contributed by atoms with Gasteiger partial charge in [0.1, 0.15) is 11.5 Å². The van der Waals surface area contributed by atoms with E-state index in [9.17, 15) is 5.11 Å². The Balaban J connectivity index is 2.84. The summed E-state index contributed by atoms with van der Waals surface area (Å²) in [4.78, 5) is 0. The normalized spacial score (nSPS) is 18.2. The van der Waals surface area contributed by atoms with Crippen molar-refractivity contribution in [2.45, 2.75) is 32.3 Å². The molecule has 1 rings (SSSR count). The van der Waals surface area contributed by atoms with Crippen LogP contribution in [0.4, 0.5) is 0 Å². The highest BCUT2D eigenvalue weighted by atomic mass is 16.4. The maximum absolute atomic E-state index is 9.74. The van der Waals surface area contributed by atoms with Crippen molar-refractivity contribution in [3.8, 4) is 0 Å². The molecule has 0 spiro atoms. The first kappa shape index (κ1) is 10.3. The van der Waals surface area contributed by atoms with Crippen LogP contribution in [0.15, 0.2) is 16.5 Å². The Morgan fingerprint density at radius 2 is 2.15 bits per heavy atom. The summed E-state index contributed by atoms with van der Waals surface area (Å²) in [6, 6.07) is 3.67. The summed E-state index contributed by atoms with van der Waals surface area (Å²) in [5.41, 5.74) is -1.12. The molecule has 0 aliphatic rings. The van der Waals surface area contributed by atoms with Crippen LogP contribution in [0.25, 0.3) is 0 Å². The maximum Gasteiger partial charge on any atom is 0.109 e. The van der Waals surface area contributed by atoms with Crippen molar-refractivity contribution >= 4 is 0 Å². The molecule has 0 bridgehead atoms. The monoisotopic (exact) mass is 184 g/mol. The fraction of sp³-hybridized carbons (Fsp3) is 0.600. The van der Waals surface area contributed by atoms with E-state index in [4.69, 9.17) is 9.52 Å². The summed E-state index contributed by atoms with van der Waals surface area (Å²) in [5.74, 6) is 1.32. The summed E-state index contributed by atoms with van der Waals surface area (Å²) < 4.78 is 5.36. The smallest absolute Gasteiger partial charge is 0.109 e. The van der Waals surface area contributed by atoms with E-state index < -0.39 is 5.60 Å². The van der Waals surface area contributed by atoms with E-state index in [1.165, 1.54) is 0 Å². The molecule has 3 heteroatoms. The molecule has 1 aromatic heterocycles. The molecule has 2 N–H and O–H groups in total. The number of hydrogen-bond donors (Lipinski definition) is 2. The fourth-order valence-corrected chi connectivity index (χ4v) is 1.13. The molecule has 0 amide bonds. The number of aryl methyl sites for hydroxylation is 1. The van der Waals surface area contributed by atoms with Gasteiger partial charge in [0.25, 0.3) is 0 Å². The number of aliphatic hydroxyl groups excluding tert-OH is 1. The van der Waals surface area contributed by atoms with Crippen molar-refractivity contribution < 1.29 is 14.6 Å². The van der Waals surface area contributed by atoms with Gasteiger partial charge in [-0.1, -0.05) is 6.92 Å². The first-order valence-corrected chi connectivity index (χ1v) is 4.37. The second-order valence-electron chi connectivity index (χ2n) is 3.69. The van der Waals surface area contributed by atoms with Crippen LogP contribution in [0.5, 0.6) is 0 Å². The first-order chi connectivity index (χ1) is 5.97. The van der Waals surface area contributed by atoms with Gasteiger partial charge in [-0.3, -0.25) is 0 Å². The topological polar surface area (TPSA) is 53.6 Å². The van der Waals surface area contributed by atoms with E-state index in [-0.39, 0.29) is 12.5 Å². The quantitative estimate of drug-likeness (QED) is 0.747. The van der Waals surface area contributed by atoms with E-state index in [2.05, 4.69) is 0 Å². The third kappa shape index (κ3) is 2.11. The van der Waals surface area contributed by atoms with Gasteiger partial charge < -0.3 is 14.6 Å². The van der Waals surface area contributed by atoms with Crippen molar-refractivity contribution in [3.05, 3.63) is 23.7 Å². The van der Waals surface area contributed by atoms with Gasteiger partial charge in [-0.05, 0) is 26.0 Å². The zero-order valence-corrected chi connectivity index (χ0v) is 8.24. The summed E-state index contributed by atoms with van der Waals surface area (Å²) >= 11 is 0. The molecule has 0 fully saturated rings. The highest BCUT2D eigenvalue weighted by molar-refractivity contribution is 5.13. The van der Waals surface area contributed by atoms with E-state index in [1.54, 1.807) is 6.92 Å². The van der Waals surface area contributed by atoms with Crippen LogP contribution >= 0.6 is 0 Å². The van der Waals surface area contributed by atoms with Gasteiger partial charge in [0.05, 0.1) is 12.2 Å². The number of furan rings is 1. The van der Waals surface area contributed by atoms with Gasteiger partial charge in [0.2, 0.25) is 0 Å². The van der Waals surface area contributed by atoms with Crippen LogP contribution in [0, 0.1) is 6.92 Å². The van der Waals surface area contributed by atoms with Gasteiger partial charge in [-0.2, -0.15) is 0 Å². The predicted molar refractivity (Wildman–Crippen MR) is 49.6 cm³/mol.